The maximum Gasteiger partial charge on any atom is 0.159 e. The smallest absolute Gasteiger partial charge is 0.159 e. The number of rotatable bonds is 2. The van der Waals surface area contributed by atoms with Crippen LogP contribution in [0.25, 0.3) is 33.2 Å². The van der Waals surface area contributed by atoms with Gasteiger partial charge in [0.2, 0.25) is 0 Å². The van der Waals surface area contributed by atoms with E-state index in [4.69, 9.17) is 4.98 Å². The molecule has 4 heterocycles. The molecule has 0 radical (unpaired) electrons. The van der Waals surface area contributed by atoms with Crippen LogP contribution < -0.4 is 4.90 Å². The van der Waals surface area contributed by atoms with Crippen LogP contribution in [0.15, 0.2) is 36.7 Å². The van der Waals surface area contributed by atoms with Gasteiger partial charge in [0.1, 0.15) is 5.75 Å². The molecule has 1 saturated heterocycles. The number of aromatic nitrogens is 4. The molecule has 1 fully saturated rings. The van der Waals surface area contributed by atoms with E-state index < -0.39 is 0 Å². The van der Waals surface area contributed by atoms with Gasteiger partial charge in [0.05, 0.1) is 23.1 Å². The zero-order valence-electron chi connectivity index (χ0n) is 16.3. The Morgan fingerprint density at radius 1 is 1.18 bits per heavy atom. The van der Waals surface area contributed by atoms with Crippen LogP contribution in [0, 0.1) is 12.8 Å². The van der Waals surface area contributed by atoms with Crippen molar-refractivity contribution < 1.29 is 5.11 Å². The lowest BCUT2D eigenvalue weighted by atomic mass is 10.0. The minimum Gasteiger partial charge on any atom is -0.507 e. The van der Waals surface area contributed by atoms with Crippen molar-refractivity contribution in [2.75, 3.05) is 18.0 Å². The van der Waals surface area contributed by atoms with Crippen LogP contribution in [-0.2, 0) is 7.05 Å². The van der Waals surface area contributed by atoms with E-state index in [1.54, 1.807) is 4.68 Å². The van der Waals surface area contributed by atoms with Crippen molar-refractivity contribution >= 4 is 27.6 Å². The lowest BCUT2D eigenvalue weighted by Crippen LogP contribution is -2.19. The molecule has 1 aliphatic heterocycles. The van der Waals surface area contributed by atoms with Crippen LogP contribution in [0.2, 0.25) is 0 Å². The fraction of sp³-hybridized carbons (Fsp3) is 0.318. The fourth-order valence-corrected chi connectivity index (χ4v) is 4.13. The number of benzene rings is 1. The second-order valence-corrected chi connectivity index (χ2v) is 7.91. The van der Waals surface area contributed by atoms with Gasteiger partial charge in [-0.25, -0.2) is 9.97 Å². The highest BCUT2D eigenvalue weighted by atomic mass is 16.3. The first kappa shape index (κ1) is 17.0. The normalized spacial score (nSPS) is 17.1. The summed E-state index contributed by atoms with van der Waals surface area (Å²) < 4.78 is 1.76. The SMILES string of the molecule is Cc1c(O)c(-c2ccc3cc(N4CC[C@H](C)C4)cnc3n2)cc2cn(C)nc12. The van der Waals surface area contributed by atoms with Crippen LogP contribution in [-0.4, -0.2) is 37.9 Å². The summed E-state index contributed by atoms with van der Waals surface area (Å²) >= 11 is 0. The fourth-order valence-electron chi connectivity index (χ4n) is 4.13. The molecule has 28 heavy (non-hydrogen) atoms. The van der Waals surface area contributed by atoms with Crippen LogP contribution in [0.4, 0.5) is 5.69 Å². The lowest BCUT2D eigenvalue weighted by molar-refractivity contribution is 0.474. The maximum absolute atomic E-state index is 10.7. The number of phenols is 1. The van der Waals surface area contributed by atoms with Gasteiger partial charge in [-0.1, -0.05) is 6.92 Å². The number of phenolic OH excluding ortho intramolecular Hbond substituents is 1. The Kier molecular flexibility index (Phi) is 3.75. The summed E-state index contributed by atoms with van der Waals surface area (Å²) in [5.74, 6) is 0.950. The first-order valence-electron chi connectivity index (χ1n) is 9.67. The molecule has 1 atom stereocenters. The molecule has 6 nitrogen and oxygen atoms in total. The predicted octanol–water partition coefficient (Wildman–Crippen LogP) is 4.04. The topological polar surface area (TPSA) is 67.1 Å². The Hall–Kier alpha value is -3.15. The molecule has 1 aromatic carbocycles. The molecule has 0 aliphatic carbocycles. The van der Waals surface area contributed by atoms with E-state index in [1.165, 1.54) is 6.42 Å². The summed E-state index contributed by atoms with van der Waals surface area (Å²) in [4.78, 5) is 11.7. The standard InChI is InChI=1S/C22H23N5O/c1-13-6-7-27(11-13)17-8-15-4-5-19(24-22(15)23-10-17)18-9-16-12-26(3)25-20(16)14(2)21(18)28/h4-5,8-10,12-13,28H,6-7,11H2,1-3H3/t13-/m0/s1. The van der Waals surface area contributed by atoms with E-state index in [2.05, 4.69) is 28.0 Å². The third kappa shape index (κ3) is 2.68. The van der Waals surface area contributed by atoms with E-state index in [1.807, 2.05) is 44.6 Å². The number of aryl methyl sites for hydroxylation is 2. The lowest BCUT2D eigenvalue weighted by Gasteiger charge is -2.18. The maximum atomic E-state index is 10.7. The highest BCUT2D eigenvalue weighted by molar-refractivity contribution is 5.91. The van der Waals surface area contributed by atoms with E-state index in [-0.39, 0.29) is 5.75 Å². The molecular weight excluding hydrogens is 350 g/mol. The summed E-state index contributed by atoms with van der Waals surface area (Å²) in [6.45, 7) is 6.34. The van der Waals surface area contributed by atoms with Gasteiger partial charge in [0.25, 0.3) is 0 Å². The van der Waals surface area contributed by atoms with Gasteiger partial charge in [-0.05, 0) is 43.5 Å². The average Bonchev–Trinajstić information content (AvgIpc) is 3.29. The summed E-state index contributed by atoms with van der Waals surface area (Å²) in [6, 6.07) is 8.10. The highest BCUT2D eigenvalue weighted by Gasteiger charge is 2.20. The van der Waals surface area contributed by atoms with Crippen molar-refractivity contribution in [2.24, 2.45) is 13.0 Å². The molecular formula is C22H23N5O. The Labute approximate surface area is 163 Å². The Bertz CT molecular complexity index is 1210. The number of nitrogens with zero attached hydrogens (tertiary/aromatic N) is 5. The van der Waals surface area contributed by atoms with Crippen LogP contribution >= 0.6 is 0 Å². The van der Waals surface area contributed by atoms with Gasteiger partial charge < -0.3 is 10.0 Å². The summed E-state index contributed by atoms with van der Waals surface area (Å²) in [5.41, 5.74) is 4.85. The molecule has 0 unspecified atom stereocenters. The highest BCUT2D eigenvalue weighted by Crippen LogP contribution is 2.36. The minimum absolute atomic E-state index is 0.223. The van der Waals surface area contributed by atoms with E-state index >= 15 is 0 Å². The Morgan fingerprint density at radius 2 is 2.04 bits per heavy atom. The van der Waals surface area contributed by atoms with E-state index in [9.17, 15) is 5.11 Å². The number of anilines is 1. The summed E-state index contributed by atoms with van der Waals surface area (Å²) in [7, 11) is 1.88. The third-order valence-corrected chi connectivity index (χ3v) is 5.72. The van der Waals surface area contributed by atoms with Gasteiger partial charge in [-0.3, -0.25) is 4.68 Å². The molecule has 0 spiro atoms. The van der Waals surface area contributed by atoms with Crippen molar-refractivity contribution in [3.63, 3.8) is 0 Å². The second kappa shape index (κ2) is 6.19. The molecule has 1 N–H and O–H groups in total. The van der Waals surface area contributed by atoms with E-state index in [0.717, 1.165) is 46.5 Å². The van der Waals surface area contributed by atoms with Gasteiger partial charge in [0.15, 0.2) is 5.65 Å². The molecule has 3 aromatic heterocycles. The van der Waals surface area contributed by atoms with Crippen molar-refractivity contribution in [1.82, 2.24) is 19.7 Å². The first-order chi connectivity index (χ1) is 13.5. The Balaban J connectivity index is 1.58. The number of fused-ring (bicyclic) bond motifs is 2. The number of aromatic hydroxyl groups is 1. The van der Waals surface area contributed by atoms with Gasteiger partial charge >= 0.3 is 0 Å². The molecule has 0 bridgehead atoms. The molecule has 0 amide bonds. The minimum atomic E-state index is 0.223. The first-order valence-corrected chi connectivity index (χ1v) is 9.67. The molecule has 6 heteroatoms. The van der Waals surface area contributed by atoms with E-state index in [0.29, 0.717) is 16.9 Å². The van der Waals surface area contributed by atoms with Crippen molar-refractivity contribution in [2.45, 2.75) is 20.3 Å². The van der Waals surface area contributed by atoms with Crippen molar-refractivity contribution in [3.05, 3.63) is 42.2 Å². The number of hydrogen-bond donors (Lipinski definition) is 1. The molecule has 5 rings (SSSR count). The summed E-state index contributed by atoms with van der Waals surface area (Å²) in [6.07, 6.45) is 5.09. The number of hydrogen-bond acceptors (Lipinski definition) is 5. The van der Waals surface area contributed by atoms with Crippen molar-refractivity contribution in [3.8, 4) is 17.0 Å². The molecule has 1 aliphatic rings. The Morgan fingerprint density at radius 3 is 2.82 bits per heavy atom. The van der Waals surface area contributed by atoms with Crippen LogP contribution in [0.1, 0.15) is 18.9 Å². The monoisotopic (exact) mass is 373 g/mol. The largest absolute Gasteiger partial charge is 0.507 e. The van der Waals surface area contributed by atoms with Gasteiger partial charge in [-0.2, -0.15) is 5.10 Å². The van der Waals surface area contributed by atoms with Gasteiger partial charge in [0, 0.05) is 48.2 Å². The predicted molar refractivity (Wildman–Crippen MR) is 112 cm³/mol. The third-order valence-electron chi connectivity index (χ3n) is 5.72. The second-order valence-electron chi connectivity index (χ2n) is 7.91. The number of pyridine rings is 2. The average molecular weight is 373 g/mol. The molecule has 142 valence electrons. The van der Waals surface area contributed by atoms with Crippen molar-refractivity contribution in [1.29, 1.82) is 0 Å². The zero-order valence-corrected chi connectivity index (χ0v) is 16.3. The zero-order chi connectivity index (χ0) is 19.4. The van der Waals surface area contributed by atoms with Gasteiger partial charge in [-0.15, -0.1) is 0 Å². The summed E-state index contributed by atoms with van der Waals surface area (Å²) in [5, 5.41) is 17.2. The quantitative estimate of drug-likeness (QED) is 0.574. The van der Waals surface area contributed by atoms with Crippen LogP contribution in [0.5, 0.6) is 5.75 Å². The molecule has 4 aromatic rings. The molecule has 0 saturated carbocycles. The van der Waals surface area contributed by atoms with Crippen LogP contribution in [0.3, 0.4) is 0 Å².